The maximum atomic E-state index is 12.6. The number of rotatable bonds is 7. The van der Waals surface area contributed by atoms with E-state index < -0.39 is 11.0 Å². The molecule has 1 aliphatic heterocycles. The average molecular weight is 299 g/mol. The number of Topliss-reactive ketones (excluding diaryl/α,β-unsaturated/α-hetero) is 1. The lowest BCUT2D eigenvalue weighted by Crippen LogP contribution is -2.42. The van der Waals surface area contributed by atoms with E-state index in [1.54, 1.807) is 6.92 Å². The lowest BCUT2D eigenvalue weighted by atomic mass is 10.00. The number of nitrogens with zero attached hydrogens (tertiary/aromatic N) is 1. The molecule has 1 aliphatic rings. The van der Waals surface area contributed by atoms with Crippen molar-refractivity contribution < 1.29 is 9.00 Å². The molecule has 0 bridgehead atoms. The third-order valence-electron chi connectivity index (χ3n) is 3.67. The smallest absolute Gasteiger partial charge is 0.157 e. The summed E-state index contributed by atoms with van der Waals surface area (Å²) in [4.78, 5) is 11.8. The van der Waals surface area contributed by atoms with Crippen LogP contribution in [-0.2, 0) is 15.8 Å². The molecule has 116 valence electrons. The van der Waals surface area contributed by atoms with E-state index >= 15 is 0 Å². The first-order valence-corrected chi connectivity index (χ1v) is 8.79. The van der Waals surface area contributed by atoms with Crippen molar-refractivity contribution >= 4 is 16.8 Å². The van der Waals surface area contributed by atoms with Crippen molar-refractivity contribution in [1.82, 2.24) is 4.31 Å². The van der Waals surface area contributed by atoms with Gasteiger partial charge >= 0.3 is 0 Å². The van der Waals surface area contributed by atoms with E-state index in [2.05, 4.69) is 6.92 Å². The minimum Gasteiger partial charge on any atom is -0.295 e. The van der Waals surface area contributed by atoms with Crippen molar-refractivity contribution in [3.8, 4) is 0 Å². The molecule has 0 N–H and O–H groups in total. The average Bonchev–Trinajstić information content (AvgIpc) is 2.76. The summed E-state index contributed by atoms with van der Waals surface area (Å²) in [6.07, 6.45) is 7.63. The van der Waals surface area contributed by atoms with Crippen molar-refractivity contribution in [2.75, 3.05) is 6.54 Å². The summed E-state index contributed by atoms with van der Waals surface area (Å²) in [5.41, 5.74) is 0.860. The van der Waals surface area contributed by atoms with Gasteiger partial charge in [0.2, 0.25) is 0 Å². The molecule has 1 heterocycles. The van der Waals surface area contributed by atoms with E-state index in [0.29, 0.717) is 6.54 Å². The van der Waals surface area contributed by atoms with Crippen LogP contribution in [0.4, 0.5) is 0 Å². The Bertz CT molecular complexity index is 396. The lowest BCUT2D eigenvalue weighted by Gasteiger charge is -2.31. The molecule has 0 saturated heterocycles. The Balaban J connectivity index is 2.75. The van der Waals surface area contributed by atoms with Crippen LogP contribution >= 0.6 is 0 Å². The van der Waals surface area contributed by atoms with E-state index in [-0.39, 0.29) is 16.6 Å². The summed E-state index contributed by atoms with van der Waals surface area (Å²) in [7, 11) is -1.06. The number of hydrogen-bond donors (Lipinski definition) is 0. The van der Waals surface area contributed by atoms with E-state index in [1.807, 2.05) is 31.2 Å². The van der Waals surface area contributed by atoms with E-state index in [9.17, 15) is 9.00 Å². The molecule has 0 spiro atoms. The highest BCUT2D eigenvalue weighted by Crippen LogP contribution is 2.29. The molecule has 0 aromatic rings. The van der Waals surface area contributed by atoms with Gasteiger partial charge in [0.1, 0.15) is 11.0 Å². The van der Waals surface area contributed by atoms with Gasteiger partial charge in [-0.05, 0) is 34.1 Å². The van der Waals surface area contributed by atoms with Gasteiger partial charge < -0.3 is 0 Å². The second-order valence-corrected chi connectivity index (χ2v) is 8.73. The third kappa shape index (κ3) is 4.52. The summed E-state index contributed by atoms with van der Waals surface area (Å²) in [5.74, 6) is 0.124. The van der Waals surface area contributed by atoms with E-state index in [0.717, 1.165) is 18.4 Å². The predicted octanol–water partition coefficient (Wildman–Crippen LogP) is 3.62. The van der Waals surface area contributed by atoms with E-state index in [1.165, 1.54) is 19.3 Å². The van der Waals surface area contributed by atoms with Crippen LogP contribution in [0.1, 0.15) is 66.7 Å². The van der Waals surface area contributed by atoms with Crippen LogP contribution in [-0.4, -0.2) is 31.6 Å². The molecular formula is C16H29NO2S. The van der Waals surface area contributed by atoms with Crippen molar-refractivity contribution in [1.29, 1.82) is 0 Å². The summed E-state index contributed by atoms with van der Waals surface area (Å²) in [5, 5.41) is 0. The standard InChI is InChI=1S/C16H29NO2S/c1-6-7-8-9-10-15-14(13(2)18)11-12-17(15)20(19)16(3,4)5/h11,15H,6-10,12H2,1-5H3/t15-,20+/m0/s1. The summed E-state index contributed by atoms with van der Waals surface area (Å²) in [6, 6.07) is 0.0458. The summed E-state index contributed by atoms with van der Waals surface area (Å²) in [6.45, 7) is 10.4. The molecular weight excluding hydrogens is 270 g/mol. The van der Waals surface area contributed by atoms with Gasteiger partial charge in [-0.1, -0.05) is 38.7 Å². The SMILES string of the molecule is CCCCCC[C@H]1C(C(C)=O)=CCN1[S@](=O)C(C)(C)C. The Kier molecular flexibility index (Phi) is 6.59. The van der Waals surface area contributed by atoms with Gasteiger partial charge in [-0.15, -0.1) is 0 Å². The number of carbonyl (C=O) groups is 1. The molecule has 0 aromatic carbocycles. The Labute approximate surface area is 126 Å². The normalized spacial score (nSPS) is 21.9. The summed E-state index contributed by atoms with van der Waals surface area (Å²) < 4.78 is 14.4. The lowest BCUT2D eigenvalue weighted by molar-refractivity contribution is -0.113. The van der Waals surface area contributed by atoms with Crippen LogP contribution in [0.3, 0.4) is 0 Å². The molecule has 0 amide bonds. The van der Waals surface area contributed by atoms with Crippen LogP contribution < -0.4 is 0 Å². The van der Waals surface area contributed by atoms with Crippen LogP contribution in [0.25, 0.3) is 0 Å². The Morgan fingerprint density at radius 1 is 1.35 bits per heavy atom. The molecule has 0 saturated carbocycles. The fourth-order valence-electron chi connectivity index (χ4n) is 2.58. The quantitative estimate of drug-likeness (QED) is 0.673. The zero-order valence-electron chi connectivity index (χ0n) is 13.6. The maximum Gasteiger partial charge on any atom is 0.157 e. The molecule has 2 atom stereocenters. The largest absolute Gasteiger partial charge is 0.295 e. The van der Waals surface area contributed by atoms with E-state index in [4.69, 9.17) is 0 Å². The fourth-order valence-corrected chi connectivity index (χ4v) is 3.95. The summed E-state index contributed by atoms with van der Waals surface area (Å²) >= 11 is 0. The number of ketones is 1. The highest BCUT2D eigenvalue weighted by molar-refractivity contribution is 7.84. The molecule has 3 nitrogen and oxygen atoms in total. The zero-order valence-corrected chi connectivity index (χ0v) is 14.4. The molecule has 0 aromatic heterocycles. The van der Waals surface area contributed by atoms with Crippen LogP contribution in [0.2, 0.25) is 0 Å². The van der Waals surface area contributed by atoms with Crippen LogP contribution in [0.15, 0.2) is 11.6 Å². The van der Waals surface area contributed by atoms with Gasteiger partial charge in [-0.3, -0.25) is 4.79 Å². The van der Waals surface area contributed by atoms with Gasteiger partial charge in [0.25, 0.3) is 0 Å². The Morgan fingerprint density at radius 3 is 2.50 bits per heavy atom. The maximum absolute atomic E-state index is 12.6. The van der Waals surface area contributed by atoms with Crippen molar-refractivity contribution in [2.24, 2.45) is 0 Å². The number of carbonyl (C=O) groups excluding carboxylic acids is 1. The minimum absolute atomic E-state index is 0.0458. The van der Waals surface area contributed by atoms with Crippen LogP contribution in [0, 0.1) is 0 Å². The second kappa shape index (κ2) is 7.51. The zero-order chi connectivity index (χ0) is 15.3. The number of unbranched alkanes of at least 4 members (excludes halogenated alkanes) is 3. The van der Waals surface area contributed by atoms with Gasteiger partial charge in [0.15, 0.2) is 5.78 Å². The number of hydrogen-bond acceptors (Lipinski definition) is 2. The molecule has 1 rings (SSSR count). The van der Waals surface area contributed by atoms with Gasteiger partial charge in [-0.2, -0.15) is 0 Å². The van der Waals surface area contributed by atoms with Crippen molar-refractivity contribution in [3.63, 3.8) is 0 Å². The Morgan fingerprint density at radius 2 is 2.00 bits per heavy atom. The Hall–Kier alpha value is -0.480. The highest BCUT2D eigenvalue weighted by atomic mass is 32.2. The monoisotopic (exact) mass is 299 g/mol. The van der Waals surface area contributed by atoms with Gasteiger partial charge in [0, 0.05) is 12.1 Å². The first kappa shape index (κ1) is 17.6. The third-order valence-corrected chi connectivity index (χ3v) is 5.55. The van der Waals surface area contributed by atoms with Crippen molar-refractivity contribution in [2.45, 2.75) is 77.5 Å². The first-order chi connectivity index (χ1) is 9.29. The molecule has 4 heteroatoms. The highest BCUT2D eigenvalue weighted by Gasteiger charge is 2.36. The van der Waals surface area contributed by atoms with Crippen LogP contribution in [0.5, 0.6) is 0 Å². The van der Waals surface area contributed by atoms with Gasteiger partial charge in [0.05, 0.1) is 10.8 Å². The topological polar surface area (TPSA) is 37.4 Å². The second-order valence-electron chi connectivity index (χ2n) is 6.54. The fraction of sp³-hybridized carbons (Fsp3) is 0.812. The minimum atomic E-state index is -1.06. The molecule has 0 unspecified atom stereocenters. The molecule has 0 fully saturated rings. The van der Waals surface area contributed by atoms with Crippen molar-refractivity contribution in [3.05, 3.63) is 11.6 Å². The molecule has 0 aliphatic carbocycles. The van der Waals surface area contributed by atoms with Gasteiger partial charge in [-0.25, -0.2) is 8.51 Å². The molecule has 0 radical (unpaired) electrons. The predicted molar refractivity (Wildman–Crippen MR) is 85.9 cm³/mol. The molecule has 20 heavy (non-hydrogen) atoms. The first-order valence-electron chi connectivity index (χ1n) is 7.68.